The highest BCUT2D eigenvalue weighted by molar-refractivity contribution is 5.76. The number of imidazole rings is 1. The van der Waals surface area contributed by atoms with Crippen molar-refractivity contribution in [2.24, 2.45) is 5.92 Å². The second kappa shape index (κ2) is 5.21. The second-order valence-corrected chi connectivity index (χ2v) is 6.31. The van der Waals surface area contributed by atoms with Gasteiger partial charge >= 0.3 is 0 Å². The van der Waals surface area contributed by atoms with E-state index in [0.29, 0.717) is 5.92 Å². The van der Waals surface area contributed by atoms with Crippen LogP contribution in [0.4, 0.5) is 0 Å². The van der Waals surface area contributed by atoms with E-state index in [4.69, 9.17) is 4.98 Å². The summed E-state index contributed by atoms with van der Waals surface area (Å²) < 4.78 is 2.46. The number of aromatic nitrogens is 2. The van der Waals surface area contributed by atoms with Crippen LogP contribution in [-0.4, -0.2) is 22.6 Å². The lowest BCUT2D eigenvalue weighted by Crippen LogP contribution is -2.37. The van der Waals surface area contributed by atoms with Crippen molar-refractivity contribution in [2.75, 3.05) is 13.1 Å². The maximum atomic E-state index is 5.03. The fourth-order valence-electron chi connectivity index (χ4n) is 3.56. The zero-order chi connectivity index (χ0) is 14.2. The van der Waals surface area contributed by atoms with E-state index in [2.05, 4.69) is 54.9 Å². The van der Waals surface area contributed by atoms with Crippen LogP contribution in [0.3, 0.4) is 0 Å². The molecule has 1 unspecified atom stereocenters. The quantitative estimate of drug-likeness (QED) is 0.924. The van der Waals surface area contributed by atoms with Gasteiger partial charge < -0.3 is 9.88 Å². The predicted molar refractivity (Wildman–Crippen MR) is 84.0 cm³/mol. The van der Waals surface area contributed by atoms with Crippen molar-refractivity contribution in [3.63, 3.8) is 0 Å². The fraction of sp³-hybridized carbons (Fsp3) is 0.588. The molecule has 108 valence electrons. The third kappa shape index (κ3) is 1.96. The lowest BCUT2D eigenvalue weighted by molar-refractivity contribution is 0.307. The molecule has 2 heterocycles. The van der Waals surface area contributed by atoms with Gasteiger partial charge in [-0.05, 0) is 37.4 Å². The van der Waals surface area contributed by atoms with Gasteiger partial charge in [0, 0.05) is 18.5 Å². The monoisotopic (exact) mass is 271 g/mol. The van der Waals surface area contributed by atoms with Crippen molar-refractivity contribution in [3.05, 3.63) is 30.1 Å². The van der Waals surface area contributed by atoms with Crippen molar-refractivity contribution in [2.45, 2.75) is 45.6 Å². The summed E-state index contributed by atoms with van der Waals surface area (Å²) >= 11 is 0. The molecule has 20 heavy (non-hydrogen) atoms. The normalized spacial score (nSPS) is 23.0. The molecule has 1 aromatic heterocycles. The second-order valence-electron chi connectivity index (χ2n) is 6.31. The van der Waals surface area contributed by atoms with Crippen LogP contribution in [0.15, 0.2) is 24.3 Å². The summed E-state index contributed by atoms with van der Waals surface area (Å²) in [6, 6.07) is 8.55. The highest BCUT2D eigenvalue weighted by Gasteiger charge is 2.42. The number of rotatable bonds is 4. The third-order valence-electron chi connectivity index (χ3n) is 4.84. The average Bonchev–Trinajstić information content (AvgIpc) is 3.05. The first-order valence-corrected chi connectivity index (χ1v) is 7.85. The Labute approximate surface area is 121 Å². The van der Waals surface area contributed by atoms with E-state index in [1.807, 2.05) is 0 Å². The van der Waals surface area contributed by atoms with Crippen LogP contribution in [0.5, 0.6) is 0 Å². The lowest BCUT2D eigenvalue weighted by Gasteiger charge is -2.32. The summed E-state index contributed by atoms with van der Waals surface area (Å²) in [6.45, 7) is 10.1. The van der Waals surface area contributed by atoms with Gasteiger partial charge in [0.15, 0.2) is 0 Å². The Morgan fingerprint density at radius 2 is 2.15 bits per heavy atom. The number of fused-ring (bicyclic) bond motifs is 1. The molecular formula is C17H25N3. The highest BCUT2D eigenvalue weighted by Crippen LogP contribution is 2.38. The minimum atomic E-state index is 0.189. The Morgan fingerprint density at radius 1 is 1.35 bits per heavy atom. The molecule has 0 bridgehead atoms. The van der Waals surface area contributed by atoms with Gasteiger partial charge in [-0.2, -0.15) is 0 Å². The van der Waals surface area contributed by atoms with Gasteiger partial charge in [0.25, 0.3) is 0 Å². The molecule has 1 N–H and O–H groups in total. The molecule has 0 aliphatic carbocycles. The van der Waals surface area contributed by atoms with Gasteiger partial charge in [0.05, 0.1) is 11.0 Å². The van der Waals surface area contributed by atoms with Crippen molar-refractivity contribution in [1.82, 2.24) is 14.9 Å². The SMILES string of the molecule is CCCn1c(C2(C(C)C)CCNC2)nc2ccccc21. The Morgan fingerprint density at radius 3 is 2.80 bits per heavy atom. The zero-order valence-electron chi connectivity index (χ0n) is 12.8. The molecule has 1 saturated heterocycles. The number of nitrogens with one attached hydrogen (secondary N) is 1. The first kappa shape index (κ1) is 13.6. The first-order valence-electron chi connectivity index (χ1n) is 7.85. The molecule has 1 aliphatic rings. The molecule has 3 heteroatoms. The molecule has 1 atom stereocenters. The third-order valence-corrected chi connectivity index (χ3v) is 4.84. The summed E-state index contributed by atoms with van der Waals surface area (Å²) in [7, 11) is 0. The number of benzene rings is 1. The Kier molecular flexibility index (Phi) is 3.55. The summed E-state index contributed by atoms with van der Waals surface area (Å²) in [5.74, 6) is 1.89. The van der Waals surface area contributed by atoms with E-state index in [1.54, 1.807) is 0 Å². The minimum Gasteiger partial charge on any atom is -0.327 e. The van der Waals surface area contributed by atoms with Crippen molar-refractivity contribution in [1.29, 1.82) is 0 Å². The molecule has 0 radical (unpaired) electrons. The number of hydrogen-bond donors (Lipinski definition) is 1. The molecule has 0 spiro atoms. The van der Waals surface area contributed by atoms with Crippen LogP contribution in [0.25, 0.3) is 11.0 Å². The Balaban J connectivity index is 2.21. The minimum absolute atomic E-state index is 0.189. The number of hydrogen-bond acceptors (Lipinski definition) is 2. The maximum absolute atomic E-state index is 5.03. The maximum Gasteiger partial charge on any atom is 0.117 e. The molecule has 3 nitrogen and oxygen atoms in total. The summed E-state index contributed by atoms with van der Waals surface area (Å²) in [5, 5.41) is 3.55. The largest absolute Gasteiger partial charge is 0.327 e. The fourth-order valence-corrected chi connectivity index (χ4v) is 3.56. The van der Waals surface area contributed by atoms with Gasteiger partial charge in [-0.3, -0.25) is 0 Å². The average molecular weight is 271 g/mol. The van der Waals surface area contributed by atoms with Crippen molar-refractivity contribution in [3.8, 4) is 0 Å². The van der Waals surface area contributed by atoms with Gasteiger partial charge in [0.1, 0.15) is 5.82 Å². The number of aryl methyl sites for hydroxylation is 1. The van der Waals surface area contributed by atoms with E-state index in [-0.39, 0.29) is 5.41 Å². The molecule has 3 rings (SSSR count). The summed E-state index contributed by atoms with van der Waals surface area (Å²) in [6.07, 6.45) is 2.34. The molecule has 1 fully saturated rings. The smallest absolute Gasteiger partial charge is 0.117 e. The zero-order valence-corrected chi connectivity index (χ0v) is 12.8. The standard InChI is InChI=1S/C17H25N3/c1-4-11-20-15-8-6-5-7-14(15)19-16(20)17(13(2)3)9-10-18-12-17/h5-8,13,18H,4,9-12H2,1-3H3. The Bertz CT molecular complexity index is 591. The first-order chi connectivity index (χ1) is 9.69. The molecular weight excluding hydrogens is 246 g/mol. The number of para-hydroxylation sites is 2. The van der Waals surface area contributed by atoms with E-state index >= 15 is 0 Å². The molecule has 0 saturated carbocycles. The van der Waals surface area contributed by atoms with Gasteiger partial charge in [-0.25, -0.2) is 4.98 Å². The van der Waals surface area contributed by atoms with Gasteiger partial charge in [0.2, 0.25) is 0 Å². The van der Waals surface area contributed by atoms with E-state index in [9.17, 15) is 0 Å². The van der Waals surface area contributed by atoms with Crippen LogP contribution in [0, 0.1) is 5.92 Å². The van der Waals surface area contributed by atoms with Gasteiger partial charge in [-0.1, -0.05) is 32.9 Å². The van der Waals surface area contributed by atoms with Crippen molar-refractivity contribution >= 4 is 11.0 Å². The van der Waals surface area contributed by atoms with Crippen LogP contribution < -0.4 is 5.32 Å². The number of nitrogens with zero attached hydrogens (tertiary/aromatic N) is 2. The Hall–Kier alpha value is -1.35. The van der Waals surface area contributed by atoms with Gasteiger partial charge in [-0.15, -0.1) is 0 Å². The van der Waals surface area contributed by atoms with E-state index in [0.717, 1.165) is 31.6 Å². The molecule has 0 amide bonds. The van der Waals surface area contributed by atoms with E-state index < -0.39 is 0 Å². The highest BCUT2D eigenvalue weighted by atomic mass is 15.1. The summed E-state index contributed by atoms with van der Waals surface area (Å²) in [5.41, 5.74) is 2.62. The molecule has 2 aromatic rings. The topological polar surface area (TPSA) is 29.9 Å². The summed E-state index contributed by atoms with van der Waals surface area (Å²) in [4.78, 5) is 5.03. The van der Waals surface area contributed by atoms with Crippen LogP contribution in [0.2, 0.25) is 0 Å². The lowest BCUT2D eigenvalue weighted by atomic mass is 9.75. The molecule has 1 aromatic carbocycles. The van der Waals surface area contributed by atoms with Crippen LogP contribution in [-0.2, 0) is 12.0 Å². The van der Waals surface area contributed by atoms with E-state index in [1.165, 1.54) is 17.8 Å². The molecule has 1 aliphatic heterocycles. The van der Waals surface area contributed by atoms with Crippen LogP contribution >= 0.6 is 0 Å². The van der Waals surface area contributed by atoms with Crippen LogP contribution in [0.1, 0.15) is 39.4 Å². The van der Waals surface area contributed by atoms with Crippen molar-refractivity contribution < 1.29 is 0 Å². The predicted octanol–water partition coefficient (Wildman–Crippen LogP) is 3.33.